The molecule has 0 atom stereocenters. The number of anilines is 1. The van der Waals surface area contributed by atoms with E-state index in [9.17, 15) is 13.2 Å². The van der Waals surface area contributed by atoms with Crippen molar-refractivity contribution in [3.05, 3.63) is 50.3 Å². The van der Waals surface area contributed by atoms with Crippen LogP contribution < -0.4 is 5.32 Å². The van der Waals surface area contributed by atoms with E-state index >= 15 is 0 Å². The molecule has 21 heavy (non-hydrogen) atoms. The fourth-order valence-electron chi connectivity index (χ4n) is 1.63. The van der Waals surface area contributed by atoms with Gasteiger partial charge < -0.3 is 9.73 Å². The molecule has 0 saturated heterocycles. The fourth-order valence-corrected chi connectivity index (χ4v) is 2.29. The van der Waals surface area contributed by atoms with Crippen molar-refractivity contribution in [1.82, 2.24) is 0 Å². The summed E-state index contributed by atoms with van der Waals surface area (Å²) in [5.74, 6) is 0.567. The molecule has 0 aliphatic heterocycles. The largest absolute Gasteiger partial charge is 0.451 e. The van der Waals surface area contributed by atoms with Crippen LogP contribution in [0.5, 0.6) is 0 Å². The zero-order chi connectivity index (χ0) is 15.6. The predicted molar refractivity (Wildman–Crippen MR) is 77.6 cm³/mol. The molecule has 0 unspecified atom stereocenters. The third kappa shape index (κ3) is 3.80. The second kappa shape index (κ2) is 6.12. The Morgan fingerprint density at radius 2 is 1.95 bits per heavy atom. The number of nitrogens with zero attached hydrogens (tertiary/aromatic N) is 1. The first-order valence-corrected chi connectivity index (χ1v) is 7.19. The molecule has 0 bridgehead atoms. The van der Waals surface area contributed by atoms with Crippen LogP contribution in [0.25, 0.3) is 0 Å². The van der Waals surface area contributed by atoms with Gasteiger partial charge in [0.15, 0.2) is 4.67 Å². The Balaban J connectivity index is 2.19. The predicted octanol–water partition coefficient (Wildman–Crippen LogP) is 5.31. The highest BCUT2D eigenvalue weighted by atomic mass is 79.9. The van der Waals surface area contributed by atoms with E-state index in [0.29, 0.717) is 16.1 Å². The zero-order valence-corrected chi connectivity index (χ0v) is 13.4. The van der Waals surface area contributed by atoms with Crippen LogP contribution in [-0.2, 0) is 12.7 Å². The number of furan rings is 1. The molecule has 0 aliphatic carbocycles. The van der Waals surface area contributed by atoms with Crippen LogP contribution in [0.4, 0.5) is 18.9 Å². The Kier molecular flexibility index (Phi) is 4.64. The highest BCUT2D eigenvalue weighted by Gasteiger charge is 2.31. The van der Waals surface area contributed by atoms with Crippen LogP contribution in [0.15, 0.2) is 37.8 Å². The van der Waals surface area contributed by atoms with Crippen molar-refractivity contribution < 1.29 is 17.6 Å². The minimum absolute atomic E-state index is 0.0745. The molecule has 3 nitrogen and oxygen atoms in total. The van der Waals surface area contributed by atoms with E-state index in [1.807, 2.05) is 0 Å². The van der Waals surface area contributed by atoms with E-state index in [4.69, 9.17) is 9.68 Å². The molecule has 0 aliphatic rings. The minimum Gasteiger partial charge on any atom is -0.451 e. The third-order valence-corrected chi connectivity index (χ3v) is 4.33. The first kappa shape index (κ1) is 15.9. The molecule has 0 spiro atoms. The van der Waals surface area contributed by atoms with Gasteiger partial charge in [-0.3, -0.25) is 0 Å². The van der Waals surface area contributed by atoms with Gasteiger partial charge in [0.2, 0.25) is 0 Å². The maximum Gasteiger partial charge on any atom is 0.416 e. The van der Waals surface area contributed by atoms with E-state index in [1.165, 1.54) is 6.07 Å². The smallest absolute Gasteiger partial charge is 0.416 e. The molecule has 8 heteroatoms. The van der Waals surface area contributed by atoms with Crippen LogP contribution >= 0.6 is 31.9 Å². The molecule has 2 rings (SSSR count). The number of nitrogens with one attached hydrogen (secondary N) is 1. The Labute approximate surface area is 135 Å². The van der Waals surface area contributed by atoms with Gasteiger partial charge in [0.1, 0.15) is 11.8 Å². The maximum atomic E-state index is 12.6. The molecule has 110 valence electrons. The van der Waals surface area contributed by atoms with E-state index in [0.717, 1.165) is 16.6 Å². The second-order valence-electron chi connectivity index (χ2n) is 4.06. The molecule has 0 radical (unpaired) electrons. The highest BCUT2D eigenvalue weighted by molar-refractivity contribution is 9.13. The molecule has 1 N–H and O–H groups in total. The van der Waals surface area contributed by atoms with Crippen LogP contribution in [0.3, 0.4) is 0 Å². The van der Waals surface area contributed by atoms with Crippen molar-refractivity contribution >= 4 is 37.5 Å². The summed E-state index contributed by atoms with van der Waals surface area (Å²) in [5, 5.41) is 11.8. The molecule has 1 aromatic heterocycles. The lowest BCUT2D eigenvalue weighted by molar-refractivity contribution is -0.137. The Hall–Kier alpha value is -1.46. The number of halogens is 5. The standard InChI is InChI=1S/C13H7Br2F3N2O/c14-10-4-9(21-12(10)15)6-20-11-2-1-8(13(16,17)18)3-7(11)5-19/h1-4,20H,6H2. The van der Waals surface area contributed by atoms with Crippen LogP contribution in [0.1, 0.15) is 16.9 Å². The van der Waals surface area contributed by atoms with Crippen molar-refractivity contribution in [2.24, 2.45) is 0 Å². The molecule has 2 aromatic rings. The van der Waals surface area contributed by atoms with Crippen LogP contribution in [-0.4, -0.2) is 0 Å². The van der Waals surface area contributed by atoms with Crippen LogP contribution in [0, 0.1) is 11.3 Å². The topological polar surface area (TPSA) is 49.0 Å². The lowest BCUT2D eigenvalue weighted by atomic mass is 10.1. The number of hydrogen-bond acceptors (Lipinski definition) is 3. The Bertz CT molecular complexity index is 685. The normalized spacial score (nSPS) is 11.2. The third-order valence-electron chi connectivity index (χ3n) is 2.62. The van der Waals surface area contributed by atoms with Gasteiger partial charge in [0.25, 0.3) is 0 Å². The Morgan fingerprint density at radius 1 is 1.24 bits per heavy atom. The molecular formula is C13H7Br2F3N2O. The number of rotatable bonds is 3. The average Bonchev–Trinajstić information content (AvgIpc) is 2.74. The fraction of sp³-hybridized carbons (Fsp3) is 0.154. The molecule has 0 saturated carbocycles. The van der Waals surface area contributed by atoms with Crippen molar-refractivity contribution in [3.63, 3.8) is 0 Å². The van der Waals surface area contributed by atoms with Crippen molar-refractivity contribution in [2.75, 3.05) is 5.32 Å². The number of nitriles is 1. The first-order valence-electron chi connectivity index (χ1n) is 5.60. The van der Waals surface area contributed by atoms with Gasteiger partial charge in [-0.1, -0.05) is 0 Å². The van der Waals surface area contributed by atoms with Gasteiger partial charge in [0, 0.05) is 0 Å². The van der Waals surface area contributed by atoms with Gasteiger partial charge in [-0.05, 0) is 56.1 Å². The summed E-state index contributed by atoms with van der Waals surface area (Å²) < 4.78 is 44.3. The monoisotopic (exact) mass is 422 g/mol. The summed E-state index contributed by atoms with van der Waals surface area (Å²) >= 11 is 6.44. The number of alkyl halides is 3. The average molecular weight is 424 g/mol. The Morgan fingerprint density at radius 3 is 2.48 bits per heavy atom. The quantitative estimate of drug-likeness (QED) is 0.727. The zero-order valence-electron chi connectivity index (χ0n) is 10.3. The maximum absolute atomic E-state index is 12.6. The summed E-state index contributed by atoms with van der Waals surface area (Å²) in [6.07, 6.45) is -4.47. The van der Waals surface area contributed by atoms with Gasteiger partial charge in [-0.15, -0.1) is 0 Å². The van der Waals surface area contributed by atoms with Crippen LogP contribution in [0.2, 0.25) is 0 Å². The van der Waals surface area contributed by atoms with Crippen molar-refractivity contribution in [3.8, 4) is 6.07 Å². The van der Waals surface area contributed by atoms with Gasteiger partial charge in [0.05, 0.1) is 27.8 Å². The molecule has 1 aromatic carbocycles. The lowest BCUT2D eigenvalue weighted by Gasteiger charge is -2.10. The number of benzene rings is 1. The minimum atomic E-state index is -4.47. The summed E-state index contributed by atoms with van der Waals surface area (Å²) in [6.45, 7) is 0.240. The highest BCUT2D eigenvalue weighted by Crippen LogP contribution is 2.32. The van der Waals surface area contributed by atoms with Gasteiger partial charge >= 0.3 is 6.18 Å². The summed E-state index contributed by atoms with van der Waals surface area (Å²) in [7, 11) is 0. The summed E-state index contributed by atoms with van der Waals surface area (Å²) in [4.78, 5) is 0. The molecule has 0 amide bonds. The van der Waals surface area contributed by atoms with Gasteiger partial charge in [-0.25, -0.2) is 0 Å². The van der Waals surface area contributed by atoms with Gasteiger partial charge in [-0.2, -0.15) is 18.4 Å². The van der Waals surface area contributed by atoms with E-state index in [-0.39, 0.29) is 12.1 Å². The second-order valence-corrected chi connectivity index (χ2v) is 5.63. The summed E-state index contributed by atoms with van der Waals surface area (Å²) in [5.41, 5.74) is -0.614. The number of hydrogen-bond donors (Lipinski definition) is 1. The summed E-state index contributed by atoms with van der Waals surface area (Å²) in [6, 6.07) is 6.44. The van der Waals surface area contributed by atoms with Crippen molar-refractivity contribution in [1.29, 1.82) is 5.26 Å². The first-order chi connectivity index (χ1) is 9.81. The van der Waals surface area contributed by atoms with E-state index < -0.39 is 11.7 Å². The molecular weight excluding hydrogens is 417 g/mol. The van der Waals surface area contributed by atoms with Crippen molar-refractivity contribution in [2.45, 2.75) is 12.7 Å². The molecule has 1 heterocycles. The van der Waals surface area contributed by atoms with E-state index in [1.54, 1.807) is 12.1 Å². The van der Waals surface area contributed by atoms with E-state index in [2.05, 4.69) is 37.2 Å². The SMILES string of the molecule is N#Cc1cc(C(F)(F)F)ccc1NCc1cc(Br)c(Br)o1. The lowest BCUT2D eigenvalue weighted by Crippen LogP contribution is -2.07. The molecule has 0 fully saturated rings.